The molecule has 1 aromatic rings. The number of fused-ring (bicyclic) bond motifs is 1. The van der Waals surface area contributed by atoms with Crippen LogP contribution >= 0.6 is 0 Å². The normalized spacial score (nSPS) is 23.6. The Hall–Kier alpha value is -2.70. The van der Waals surface area contributed by atoms with Gasteiger partial charge in [0.05, 0.1) is 12.8 Å². The molecule has 2 aliphatic heterocycles. The number of carbonyl (C=O) groups is 1. The predicted molar refractivity (Wildman–Crippen MR) is 78.4 cm³/mol. The lowest BCUT2D eigenvalue weighted by Crippen LogP contribution is -2.54. The molecule has 7 heteroatoms. The maximum Gasteiger partial charge on any atom is 0.377 e. The zero-order chi connectivity index (χ0) is 15.0. The first-order valence-electron chi connectivity index (χ1n) is 6.41. The van der Waals surface area contributed by atoms with Crippen LogP contribution in [0.15, 0.2) is 45.6 Å². The summed E-state index contributed by atoms with van der Waals surface area (Å²) in [5, 5.41) is 9.81. The largest absolute Gasteiger partial charge is 0.463 e. The lowest BCUT2D eigenvalue weighted by Gasteiger charge is -2.35. The van der Waals surface area contributed by atoms with Gasteiger partial charge >= 0.3 is 5.97 Å². The van der Waals surface area contributed by atoms with E-state index in [-0.39, 0.29) is 5.84 Å². The van der Waals surface area contributed by atoms with E-state index in [9.17, 15) is 4.79 Å². The summed E-state index contributed by atoms with van der Waals surface area (Å²) in [4.78, 5) is 21.5. The molecular formula is C14H14N4O3. The molecule has 0 bridgehead atoms. The zero-order valence-corrected chi connectivity index (χ0v) is 11.9. The highest BCUT2D eigenvalue weighted by atomic mass is 16.7. The molecule has 2 aliphatic rings. The third-order valence-corrected chi connectivity index (χ3v) is 3.33. The molecule has 0 fully saturated rings. The van der Waals surface area contributed by atoms with Crippen LogP contribution in [0.2, 0.25) is 0 Å². The standard InChI is InChI=1S/C14H14N4O3/c1-9-11-14(2,21-17-9)18(10-7-5-4-6-8-10)16-12(15-11)13(19)20-3/h4-8H,1-3H3. The van der Waals surface area contributed by atoms with Crippen molar-refractivity contribution in [2.75, 3.05) is 12.1 Å². The molecule has 0 spiro atoms. The smallest absolute Gasteiger partial charge is 0.377 e. The van der Waals surface area contributed by atoms with Crippen LogP contribution in [0.25, 0.3) is 0 Å². The van der Waals surface area contributed by atoms with Gasteiger partial charge < -0.3 is 9.57 Å². The molecule has 0 aliphatic carbocycles. The van der Waals surface area contributed by atoms with Gasteiger partial charge in [-0.05, 0) is 19.1 Å². The third-order valence-electron chi connectivity index (χ3n) is 3.33. The van der Waals surface area contributed by atoms with E-state index < -0.39 is 11.7 Å². The number of amidine groups is 1. The molecule has 1 aromatic carbocycles. The van der Waals surface area contributed by atoms with Crippen LogP contribution in [-0.2, 0) is 14.4 Å². The molecule has 0 saturated heterocycles. The summed E-state index contributed by atoms with van der Waals surface area (Å²) in [7, 11) is 1.29. The lowest BCUT2D eigenvalue weighted by molar-refractivity contribution is -0.132. The Morgan fingerprint density at radius 3 is 2.71 bits per heavy atom. The topological polar surface area (TPSA) is 75.8 Å². The van der Waals surface area contributed by atoms with E-state index in [0.29, 0.717) is 11.4 Å². The van der Waals surface area contributed by atoms with Crippen LogP contribution in [0.4, 0.5) is 5.69 Å². The second-order valence-corrected chi connectivity index (χ2v) is 4.77. The van der Waals surface area contributed by atoms with E-state index in [2.05, 4.69) is 15.2 Å². The summed E-state index contributed by atoms with van der Waals surface area (Å²) >= 11 is 0. The van der Waals surface area contributed by atoms with E-state index >= 15 is 0 Å². The van der Waals surface area contributed by atoms with Crippen LogP contribution in [0, 0.1) is 0 Å². The summed E-state index contributed by atoms with van der Waals surface area (Å²) in [6.45, 7) is 3.57. The van der Waals surface area contributed by atoms with Gasteiger partial charge in [-0.1, -0.05) is 23.4 Å². The molecule has 0 aromatic heterocycles. The Kier molecular flexibility index (Phi) is 2.97. The van der Waals surface area contributed by atoms with Gasteiger partial charge in [0.2, 0.25) is 0 Å². The Balaban J connectivity index is 2.12. The van der Waals surface area contributed by atoms with Crippen molar-refractivity contribution in [3.8, 4) is 0 Å². The molecule has 0 amide bonds. The molecule has 0 saturated carbocycles. The maximum atomic E-state index is 11.8. The maximum absolute atomic E-state index is 11.8. The van der Waals surface area contributed by atoms with Gasteiger partial charge in [0.25, 0.3) is 11.6 Å². The number of nitrogens with zero attached hydrogens (tertiary/aromatic N) is 4. The number of hydrogen-bond donors (Lipinski definition) is 0. The zero-order valence-electron chi connectivity index (χ0n) is 11.9. The van der Waals surface area contributed by atoms with Crippen LogP contribution in [-0.4, -0.2) is 36.1 Å². The average Bonchev–Trinajstić information content (AvgIpc) is 2.82. The SMILES string of the molecule is COC(=O)C1=NN(c2ccccc2)C2(C)ON=C(C)C2=N1. The quantitative estimate of drug-likeness (QED) is 0.773. The van der Waals surface area contributed by atoms with Crippen LogP contribution in [0.5, 0.6) is 0 Å². The number of rotatable bonds is 2. The highest BCUT2D eigenvalue weighted by Gasteiger charge is 2.49. The lowest BCUT2D eigenvalue weighted by atomic mass is 10.0. The highest BCUT2D eigenvalue weighted by Crippen LogP contribution is 2.33. The van der Waals surface area contributed by atoms with Crippen LogP contribution in [0.1, 0.15) is 13.8 Å². The first-order chi connectivity index (χ1) is 10.1. The number of hydrogen-bond acceptors (Lipinski definition) is 7. The molecule has 0 radical (unpaired) electrons. The fourth-order valence-corrected chi connectivity index (χ4v) is 2.27. The van der Waals surface area contributed by atoms with Gasteiger partial charge in [-0.15, -0.1) is 5.10 Å². The molecule has 0 N–H and O–H groups in total. The molecule has 2 heterocycles. The number of anilines is 1. The number of para-hydroxylation sites is 1. The average molecular weight is 286 g/mol. The predicted octanol–water partition coefficient (Wildman–Crippen LogP) is 1.56. The molecule has 1 atom stereocenters. The fourth-order valence-electron chi connectivity index (χ4n) is 2.27. The van der Waals surface area contributed by atoms with Crippen molar-refractivity contribution in [2.45, 2.75) is 19.6 Å². The van der Waals surface area contributed by atoms with E-state index in [1.54, 1.807) is 18.9 Å². The van der Waals surface area contributed by atoms with E-state index in [1.807, 2.05) is 30.3 Å². The van der Waals surface area contributed by atoms with Gasteiger partial charge in [-0.25, -0.2) is 14.8 Å². The van der Waals surface area contributed by atoms with Crippen LogP contribution < -0.4 is 5.01 Å². The fraction of sp³-hybridized carbons (Fsp3) is 0.286. The second-order valence-electron chi connectivity index (χ2n) is 4.77. The third kappa shape index (κ3) is 1.97. The summed E-state index contributed by atoms with van der Waals surface area (Å²) in [6.07, 6.45) is 0. The molecule has 3 rings (SSSR count). The molecular weight excluding hydrogens is 272 g/mol. The molecule has 1 unspecified atom stereocenters. The van der Waals surface area contributed by atoms with Crippen molar-refractivity contribution in [1.82, 2.24) is 0 Å². The van der Waals surface area contributed by atoms with E-state index in [0.717, 1.165) is 5.69 Å². The number of oxime groups is 1. The Bertz CT molecular complexity index is 681. The summed E-state index contributed by atoms with van der Waals surface area (Å²) < 4.78 is 4.71. The minimum absolute atomic E-state index is 0.0334. The van der Waals surface area contributed by atoms with Gasteiger partial charge in [0.15, 0.2) is 0 Å². The van der Waals surface area contributed by atoms with Crippen LogP contribution in [0.3, 0.4) is 0 Å². The number of carbonyl (C=O) groups excluding carboxylic acids is 1. The van der Waals surface area contributed by atoms with Crippen molar-refractivity contribution in [1.29, 1.82) is 0 Å². The van der Waals surface area contributed by atoms with Gasteiger partial charge in [0.1, 0.15) is 11.4 Å². The number of ether oxygens (including phenoxy) is 1. The number of esters is 1. The Labute approximate surface area is 121 Å². The number of aliphatic imine (C=N–C) groups is 1. The van der Waals surface area contributed by atoms with Gasteiger partial charge in [-0.2, -0.15) is 0 Å². The first-order valence-corrected chi connectivity index (χ1v) is 6.41. The Morgan fingerprint density at radius 1 is 1.33 bits per heavy atom. The summed E-state index contributed by atoms with van der Waals surface area (Å²) in [6, 6.07) is 9.38. The van der Waals surface area contributed by atoms with Gasteiger partial charge in [0, 0.05) is 6.92 Å². The Morgan fingerprint density at radius 2 is 2.05 bits per heavy atom. The number of benzene rings is 1. The van der Waals surface area contributed by atoms with Crippen molar-refractivity contribution in [2.24, 2.45) is 15.2 Å². The highest BCUT2D eigenvalue weighted by molar-refractivity contribution is 6.51. The first kappa shape index (κ1) is 13.3. The van der Waals surface area contributed by atoms with E-state index in [4.69, 9.17) is 9.57 Å². The van der Waals surface area contributed by atoms with E-state index in [1.165, 1.54) is 7.11 Å². The second kappa shape index (κ2) is 4.69. The van der Waals surface area contributed by atoms with Crippen molar-refractivity contribution < 1.29 is 14.4 Å². The molecule has 21 heavy (non-hydrogen) atoms. The van der Waals surface area contributed by atoms with Crippen molar-refractivity contribution in [3.05, 3.63) is 30.3 Å². The number of methoxy groups -OCH3 is 1. The molecule has 7 nitrogen and oxygen atoms in total. The minimum Gasteiger partial charge on any atom is -0.463 e. The number of hydrazone groups is 1. The van der Waals surface area contributed by atoms with Gasteiger partial charge in [-0.3, -0.25) is 0 Å². The molecule has 108 valence electrons. The minimum atomic E-state index is -0.969. The summed E-state index contributed by atoms with van der Waals surface area (Å²) in [5.41, 5.74) is 0.943. The van der Waals surface area contributed by atoms with Crippen molar-refractivity contribution >= 4 is 28.9 Å². The summed E-state index contributed by atoms with van der Waals surface area (Å²) in [5.74, 6) is -0.640. The monoisotopic (exact) mass is 286 g/mol. The van der Waals surface area contributed by atoms with Crippen molar-refractivity contribution in [3.63, 3.8) is 0 Å².